The Hall–Kier alpha value is -1.94. The maximum absolute atomic E-state index is 5.85. The smallest absolute Gasteiger partial charge is 0.135 e. The van der Waals surface area contributed by atoms with Gasteiger partial charge in [0.05, 0.1) is 12.5 Å². The Labute approximate surface area is 125 Å². The average Bonchev–Trinajstić information content (AvgIpc) is 2.50. The number of hydrogen-bond acceptors (Lipinski definition) is 4. The summed E-state index contributed by atoms with van der Waals surface area (Å²) in [5.41, 5.74) is 10.2. The molecule has 2 N–H and O–H groups in total. The predicted molar refractivity (Wildman–Crippen MR) is 82.6 cm³/mol. The zero-order chi connectivity index (χ0) is 14.8. The minimum absolute atomic E-state index is 0.226. The molecule has 110 valence electrons. The van der Waals surface area contributed by atoms with E-state index < -0.39 is 0 Å². The van der Waals surface area contributed by atoms with E-state index in [4.69, 9.17) is 20.4 Å². The molecule has 0 fully saturated rings. The van der Waals surface area contributed by atoms with Gasteiger partial charge in [-0.3, -0.25) is 0 Å². The first-order valence-electron chi connectivity index (χ1n) is 7.44. The van der Waals surface area contributed by atoms with Crippen LogP contribution in [0.3, 0.4) is 0 Å². The molecule has 1 aliphatic rings. The summed E-state index contributed by atoms with van der Waals surface area (Å²) in [4.78, 5) is 9.41. The molecule has 1 aromatic carbocycles. The van der Waals surface area contributed by atoms with Gasteiger partial charge >= 0.3 is 0 Å². The summed E-state index contributed by atoms with van der Waals surface area (Å²) in [6.07, 6.45) is 1.77. The van der Waals surface area contributed by atoms with Crippen LogP contribution in [0, 0.1) is 13.8 Å². The highest BCUT2D eigenvalue weighted by molar-refractivity contribution is 5.37. The number of fused-ring (bicyclic) bond motifs is 1. The van der Waals surface area contributed by atoms with Crippen LogP contribution in [0.25, 0.3) is 0 Å². The van der Waals surface area contributed by atoms with Gasteiger partial charge in [0.1, 0.15) is 11.6 Å². The van der Waals surface area contributed by atoms with Crippen LogP contribution in [0.15, 0.2) is 24.3 Å². The number of benzene rings is 1. The van der Waals surface area contributed by atoms with E-state index in [1.54, 1.807) is 0 Å². The van der Waals surface area contributed by atoms with Crippen molar-refractivity contribution in [1.29, 1.82) is 0 Å². The highest BCUT2D eigenvalue weighted by Crippen LogP contribution is 2.31. The predicted octanol–water partition coefficient (Wildman–Crippen LogP) is 2.31. The third-order valence-corrected chi connectivity index (χ3v) is 4.08. The second-order valence-electron chi connectivity index (χ2n) is 5.59. The van der Waals surface area contributed by atoms with Gasteiger partial charge in [0.15, 0.2) is 0 Å². The summed E-state index contributed by atoms with van der Waals surface area (Å²) in [7, 11) is 0. The fraction of sp³-hybridized carbons (Fsp3) is 0.412. The summed E-state index contributed by atoms with van der Waals surface area (Å²) in [6, 6.07) is 8.19. The number of ether oxygens (including phenoxy) is 1. The fourth-order valence-electron chi connectivity index (χ4n) is 2.95. The number of aromatic nitrogens is 2. The first kappa shape index (κ1) is 14.0. The third kappa shape index (κ3) is 2.76. The van der Waals surface area contributed by atoms with Crippen molar-refractivity contribution in [2.75, 3.05) is 13.2 Å². The van der Waals surface area contributed by atoms with Crippen LogP contribution in [-0.4, -0.2) is 23.1 Å². The lowest BCUT2D eigenvalue weighted by molar-refractivity contribution is 0.257. The Balaban J connectivity index is 1.89. The number of rotatable bonds is 3. The molecule has 1 unspecified atom stereocenters. The first-order valence-corrected chi connectivity index (χ1v) is 7.44. The summed E-state index contributed by atoms with van der Waals surface area (Å²) < 4.78 is 5.85. The topological polar surface area (TPSA) is 61.0 Å². The molecule has 21 heavy (non-hydrogen) atoms. The zero-order valence-electron chi connectivity index (χ0n) is 12.6. The van der Waals surface area contributed by atoms with Crippen molar-refractivity contribution < 1.29 is 4.74 Å². The lowest BCUT2D eigenvalue weighted by atomic mass is 9.95. The first-order chi connectivity index (χ1) is 10.2. The summed E-state index contributed by atoms with van der Waals surface area (Å²) >= 11 is 0. The minimum Gasteiger partial charge on any atom is -0.493 e. The SMILES string of the molecule is Cc1nc(C2COc3ccccc3C2)nc(C)c1CCN. The molecule has 1 atom stereocenters. The van der Waals surface area contributed by atoms with Gasteiger partial charge in [0, 0.05) is 11.4 Å². The third-order valence-electron chi connectivity index (χ3n) is 4.08. The van der Waals surface area contributed by atoms with E-state index in [2.05, 4.69) is 6.07 Å². The quantitative estimate of drug-likeness (QED) is 0.939. The van der Waals surface area contributed by atoms with Crippen LogP contribution in [0.2, 0.25) is 0 Å². The van der Waals surface area contributed by atoms with E-state index in [1.165, 1.54) is 11.1 Å². The Morgan fingerprint density at radius 1 is 1.19 bits per heavy atom. The normalized spacial score (nSPS) is 17.2. The average molecular weight is 283 g/mol. The lowest BCUT2D eigenvalue weighted by Crippen LogP contribution is -2.22. The second-order valence-corrected chi connectivity index (χ2v) is 5.59. The van der Waals surface area contributed by atoms with Gasteiger partial charge in [-0.1, -0.05) is 18.2 Å². The molecule has 2 heterocycles. The Kier molecular flexibility index (Phi) is 3.88. The number of nitrogens with two attached hydrogens (primary N) is 1. The van der Waals surface area contributed by atoms with E-state index in [0.717, 1.165) is 35.8 Å². The Bertz CT molecular complexity index is 631. The molecule has 3 rings (SSSR count). The van der Waals surface area contributed by atoms with Crippen molar-refractivity contribution in [2.45, 2.75) is 32.6 Å². The maximum Gasteiger partial charge on any atom is 0.135 e. The minimum atomic E-state index is 0.226. The molecule has 4 heteroatoms. The van der Waals surface area contributed by atoms with Crippen LogP contribution in [-0.2, 0) is 12.8 Å². The molecule has 0 spiro atoms. The van der Waals surface area contributed by atoms with Crippen molar-refractivity contribution in [2.24, 2.45) is 5.73 Å². The van der Waals surface area contributed by atoms with Gasteiger partial charge in [-0.15, -0.1) is 0 Å². The molecule has 0 bridgehead atoms. The molecular formula is C17H21N3O. The maximum atomic E-state index is 5.85. The summed E-state index contributed by atoms with van der Waals surface area (Å²) in [5, 5.41) is 0. The van der Waals surface area contributed by atoms with Crippen LogP contribution < -0.4 is 10.5 Å². The molecule has 0 aliphatic carbocycles. The molecule has 0 saturated carbocycles. The van der Waals surface area contributed by atoms with Crippen LogP contribution in [0.4, 0.5) is 0 Å². The monoisotopic (exact) mass is 283 g/mol. The highest BCUT2D eigenvalue weighted by atomic mass is 16.5. The van der Waals surface area contributed by atoms with Gasteiger partial charge in [-0.05, 0) is 50.4 Å². The molecular weight excluding hydrogens is 262 g/mol. The van der Waals surface area contributed by atoms with E-state index in [-0.39, 0.29) is 5.92 Å². The van der Waals surface area contributed by atoms with E-state index in [1.807, 2.05) is 32.0 Å². The summed E-state index contributed by atoms with van der Waals surface area (Å²) in [6.45, 7) is 5.36. The molecule has 2 aromatic rings. The molecule has 1 aliphatic heterocycles. The largest absolute Gasteiger partial charge is 0.493 e. The molecule has 0 saturated heterocycles. The highest BCUT2D eigenvalue weighted by Gasteiger charge is 2.24. The number of aryl methyl sites for hydroxylation is 2. The van der Waals surface area contributed by atoms with Crippen molar-refractivity contribution in [3.05, 3.63) is 52.6 Å². The van der Waals surface area contributed by atoms with Gasteiger partial charge in [0.25, 0.3) is 0 Å². The fourth-order valence-corrected chi connectivity index (χ4v) is 2.95. The number of nitrogens with zero attached hydrogens (tertiary/aromatic N) is 2. The van der Waals surface area contributed by atoms with Crippen LogP contribution in [0.1, 0.15) is 34.3 Å². The van der Waals surface area contributed by atoms with E-state index >= 15 is 0 Å². The number of para-hydroxylation sites is 1. The molecule has 0 amide bonds. The molecule has 0 radical (unpaired) electrons. The molecule has 1 aromatic heterocycles. The van der Waals surface area contributed by atoms with Gasteiger partial charge < -0.3 is 10.5 Å². The van der Waals surface area contributed by atoms with E-state index in [9.17, 15) is 0 Å². The number of hydrogen-bond donors (Lipinski definition) is 1. The van der Waals surface area contributed by atoms with Crippen molar-refractivity contribution in [3.8, 4) is 5.75 Å². The lowest BCUT2D eigenvalue weighted by Gasteiger charge is -2.25. The van der Waals surface area contributed by atoms with Gasteiger partial charge in [-0.2, -0.15) is 0 Å². The standard InChI is InChI=1S/C17H21N3O/c1-11-15(7-8-18)12(2)20-17(19-11)14-9-13-5-3-4-6-16(13)21-10-14/h3-6,14H,7-10,18H2,1-2H3. The molecule has 4 nitrogen and oxygen atoms in total. The zero-order valence-corrected chi connectivity index (χ0v) is 12.6. The van der Waals surface area contributed by atoms with Crippen LogP contribution in [0.5, 0.6) is 5.75 Å². The van der Waals surface area contributed by atoms with Crippen molar-refractivity contribution in [1.82, 2.24) is 9.97 Å². The van der Waals surface area contributed by atoms with Crippen LogP contribution >= 0.6 is 0 Å². The van der Waals surface area contributed by atoms with Gasteiger partial charge in [0.2, 0.25) is 0 Å². The van der Waals surface area contributed by atoms with E-state index in [0.29, 0.717) is 13.2 Å². The Morgan fingerprint density at radius 2 is 1.90 bits per heavy atom. The Morgan fingerprint density at radius 3 is 2.62 bits per heavy atom. The second kappa shape index (κ2) is 5.82. The van der Waals surface area contributed by atoms with Crippen molar-refractivity contribution in [3.63, 3.8) is 0 Å². The van der Waals surface area contributed by atoms with Gasteiger partial charge in [-0.25, -0.2) is 9.97 Å². The van der Waals surface area contributed by atoms with Crippen molar-refractivity contribution >= 4 is 0 Å². The summed E-state index contributed by atoms with van der Waals surface area (Å²) in [5.74, 6) is 2.10.